The summed E-state index contributed by atoms with van der Waals surface area (Å²) in [6.07, 6.45) is 1.79. The number of hydrogen-bond donors (Lipinski definition) is 1. The molecule has 3 aromatic carbocycles. The van der Waals surface area contributed by atoms with E-state index in [1.165, 1.54) is 27.9 Å². The molecule has 0 radical (unpaired) electrons. The highest BCUT2D eigenvalue weighted by Crippen LogP contribution is 2.32. The lowest BCUT2D eigenvalue weighted by molar-refractivity contribution is -0.114. The number of aromatic nitrogens is 1. The van der Waals surface area contributed by atoms with E-state index in [1.807, 2.05) is 48.5 Å². The number of amidine groups is 2. The number of hydrazone groups is 1. The normalized spacial score (nSPS) is 16.2. The number of fused-ring (bicyclic) bond motifs is 2. The van der Waals surface area contributed by atoms with Gasteiger partial charge in [-0.25, -0.2) is 0 Å². The minimum Gasteiger partial charge on any atom is -0.487 e. The number of carbonyl (C=O) groups is 1. The Bertz CT molecular complexity index is 1680. The van der Waals surface area contributed by atoms with E-state index in [2.05, 4.69) is 58.8 Å². The number of aliphatic imine (C=N–C) groups is 1. The molecule has 0 aliphatic carbocycles. The number of hydrogen-bond acceptors (Lipinski definition) is 5. The Kier molecular flexibility index (Phi) is 6.17. The lowest BCUT2D eigenvalue weighted by atomic mass is 10.1. The van der Waals surface area contributed by atoms with E-state index in [1.54, 1.807) is 6.08 Å². The van der Waals surface area contributed by atoms with Crippen molar-refractivity contribution in [1.29, 1.82) is 5.41 Å². The highest BCUT2D eigenvalue weighted by atomic mass is 32.2. The zero-order chi connectivity index (χ0) is 26.2. The second-order valence-electron chi connectivity index (χ2n) is 9.14. The fraction of sp³-hybridized carbons (Fsp3) is 0.133. The minimum atomic E-state index is -0.440. The molecule has 1 amide bonds. The first-order valence-corrected chi connectivity index (χ1v) is 13.1. The average molecular weight is 520 g/mol. The largest absolute Gasteiger partial charge is 0.487 e. The number of ether oxygens (including phenoxy) is 1. The summed E-state index contributed by atoms with van der Waals surface area (Å²) in [5.74, 6) is 0.300. The van der Waals surface area contributed by atoms with Gasteiger partial charge in [-0.2, -0.15) is 15.1 Å². The number of amides is 1. The van der Waals surface area contributed by atoms with Gasteiger partial charge in [-0.3, -0.25) is 10.2 Å². The number of benzene rings is 3. The third-order valence-electron chi connectivity index (χ3n) is 6.76. The van der Waals surface area contributed by atoms with Crippen LogP contribution in [0.1, 0.15) is 22.4 Å². The Balaban J connectivity index is 1.33. The molecule has 8 heteroatoms. The van der Waals surface area contributed by atoms with Crippen molar-refractivity contribution >= 4 is 50.7 Å². The Labute approximate surface area is 224 Å². The van der Waals surface area contributed by atoms with E-state index in [-0.39, 0.29) is 18.0 Å². The van der Waals surface area contributed by atoms with Crippen LogP contribution in [0, 0.1) is 19.3 Å². The molecule has 0 saturated carbocycles. The average Bonchev–Trinajstić information content (AvgIpc) is 3.46. The van der Waals surface area contributed by atoms with Crippen LogP contribution in [0.15, 0.2) is 94.5 Å². The van der Waals surface area contributed by atoms with Crippen molar-refractivity contribution < 1.29 is 9.53 Å². The summed E-state index contributed by atoms with van der Waals surface area (Å²) in [5, 5.41) is 16.8. The first-order valence-electron chi connectivity index (χ1n) is 12.3. The van der Waals surface area contributed by atoms with Crippen LogP contribution < -0.4 is 4.74 Å². The second kappa shape index (κ2) is 9.79. The second-order valence-corrected chi connectivity index (χ2v) is 10.2. The first kappa shape index (κ1) is 23.9. The Morgan fingerprint density at radius 3 is 2.53 bits per heavy atom. The summed E-state index contributed by atoms with van der Waals surface area (Å²) < 4.78 is 8.06. The van der Waals surface area contributed by atoms with Crippen molar-refractivity contribution in [3.05, 3.63) is 107 Å². The van der Waals surface area contributed by atoms with Crippen molar-refractivity contribution in [2.45, 2.75) is 20.4 Å². The van der Waals surface area contributed by atoms with Crippen molar-refractivity contribution in [3.63, 3.8) is 0 Å². The van der Waals surface area contributed by atoms with E-state index in [9.17, 15) is 4.79 Å². The maximum absolute atomic E-state index is 13.1. The zero-order valence-corrected chi connectivity index (χ0v) is 21.8. The van der Waals surface area contributed by atoms with E-state index in [0.29, 0.717) is 16.8 Å². The summed E-state index contributed by atoms with van der Waals surface area (Å²) in [4.78, 5) is 17.4. The molecule has 0 unspecified atom stereocenters. The van der Waals surface area contributed by atoms with Crippen molar-refractivity contribution in [1.82, 2.24) is 9.58 Å². The van der Waals surface area contributed by atoms with E-state index in [0.717, 1.165) is 27.9 Å². The Morgan fingerprint density at radius 2 is 1.71 bits per heavy atom. The van der Waals surface area contributed by atoms with Crippen LogP contribution in [0.25, 0.3) is 17.0 Å². The molecule has 0 saturated heterocycles. The van der Waals surface area contributed by atoms with Crippen LogP contribution in [-0.4, -0.2) is 38.1 Å². The Hall–Kier alpha value is -4.43. The van der Waals surface area contributed by atoms with Gasteiger partial charge in [0.2, 0.25) is 5.17 Å². The SMILES string of the molecule is Cc1ccccc1Cn1c(C)c(/C=C2/C(=N)N3N=C(COc4ccccc4)SC3=NC2=O)c2ccccc21. The molecule has 0 spiro atoms. The van der Waals surface area contributed by atoms with Gasteiger partial charge in [-0.1, -0.05) is 60.7 Å². The van der Waals surface area contributed by atoms with Gasteiger partial charge in [0.25, 0.3) is 5.91 Å². The quantitative estimate of drug-likeness (QED) is 0.317. The molecule has 2 aliphatic heterocycles. The molecular formula is C30H25N5O2S. The summed E-state index contributed by atoms with van der Waals surface area (Å²) in [6, 6.07) is 26.0. The zero-order valence-electron chi connectivity index (χ0n) is 21.0. The summed E-state index contributed by atoms with van der Waals surface area (Å²) in [6.45, 7) is 5.12. The summed E-state index contributed by atoms with van der Waals surface area (Å²) in [7, 11) is 0. The standard InChI is InChI=1S/C30H25N5O2S/c1-19-10-6-7-11-21(19)17-34-20(2)24(23-14-8-9-15-26(23)34)16-25-28(31)35-30(32-29(25)36)38-27(33-35)18-37-22-12-4-3-5-13-22/h3-16,31H,17-18H2,1-2H3/b25-16-,31-28?. The topological polar surface area (TPSA) is 83.0 Å². The highest BCUT2D eigenvalue weighted by molar-refractivity contribution is 8.27. The van der Waals surface area contributed by atoms with Gasteiger partial charge in [-0.05, 0) is 61.0 Å². The number of para-hydroxylation sites is 2. The van der Waals surface area contributed by atoms with Gasteiger partial charge in [0.05, 0.1) is 5.57 Å². The fourth-order valence-electron chi connectivity index (χ4n) is 4.70. The van der Waals surface area contributed by atoms with Crippen LogP contribution in [0.3, 0.4) is 0 Å². The van der Waals surface area contributed by atoms with E-state index < -0.39 is 5.91 Å². The number of thioether (sulfide) groups is 1. The molecule has 6 rings (SSSR count). The van der Waals surface area contributed by atoms with Crippen molar-refractivity contribution in [2.75, 3.05) is 6.61 Å². The number of nitrogens with zero attached hydrogens (tertiary/aromatic N) is 4. The third-order valence-corrected chi connectivity index (χ3v) is 7.64. The number of aryl methyl sites for hydroxylation is 1. The van der Waals surface area contributed by atoms with E-state index >= 15 is 0 Å². The maximum Gasteiger partial charge on any atom is 0.283 e. The summed E-state index contributed by atoms with van der Waals surface area (Å²) in [5.41, 5.74) is 5.68. The van der Waals surface area contributed by atoms with Crippen LogP contribution in [0.4, 0.5) is 0 Å². The van der Waals surface area contributed by atoms with Gasteiger partial charge in [-0.15, -0.1) is 0 Å². The lowest BCUT2D eigenvalue weighted by Gasteiger charge is -2.20. The molecule has 4 aromatic rings. The molecule has 3 heterocycles. The van der Waals surface area contributed by atoms with Gasteiger partial charge in [0, 0.05) is 28.7 Å². The predicted molar refractivity (Wildman–Crippen MR) is 154 cm³/mol. The van der Waals surface area contributed by atoms with E-state index in [4.69, 9.17) is 10.1 Å². The highest BCUT2D eigenvalue weighted by Gasteiger charge is 2.36. The molecule has 38 heavy (non-hydrogen) atoms. The molecule has 0 fully saturated rings. The first-order chi connectivity index (χ1) is 18.5. The molecule has 2 aliphatic rings. The minimum absolute atomic E-state index is 0.0114. The van der Waals surface area contributed by atoms with Gasteiger partial charge >= 0.3 is 0 Å². The Morgan fingerprint density at radius 1 is 0.974 bits per heavy atom. The molecule has 1 aromatic heterocycles. The van der Waals surface area contributed by atoms with Gasteiger partial charge in [0.15, 0.2) is 5.84 Å². The maximum atomic E-state index is 13.1. The monoisotopic (exact) mass is 519 g/mol. The molecule has 7 nitrogen and oxygen atoms in total. The fourth-order valence-corrected chi connectivity index (χ4v) is 5.50. The molecule has 1 N–H and O–H groups in total. The van der Waals surface area contributed by atoms with Crippen LogP contribution >= 0.6 is 11.8 Å². The molecule has 0 atom stereocenters. The van der Waals surface area contributed by atoms with Gasteiger partial charge in [0.1, 0.15) is 17.4 Å². The smallest absolute Gasteiger partial charge is 0.283 e. The van der Waals surface area contributed by atoms with Crippen molar-refractivity contribution in [2.24, 2.45) is 10.1 Å². The predicted octanol–water partition coefficient (Wildman–Crippen LogP) is 6.00. The number of rotatable bonds is 6. The van der Waals surface area contributed by atoms with Crippen molar-refractivity contribution in [3.8, 4) is 5.75 Å². The molecule has 0 bridgehead atoms. The number of nitrogens with one attached hydrogen (secondary N) is 1. The van der Waals surface area contributed by atoms with Crippen LogP contribution in [0.2, 0.25) is 0 Å². The molecular weight excluding hydrogens is 494 g/mol. The third kappa shape index (κ3) is 4.33. The van der Waals surface area contributed by atoms with Crippen LogP contribution in [0.5, 0.6) is 5.75 Å². The van der Waals surface area contributed by atoms with Crippen LogP contribution in [-0.2, 0) is 11.3 Å². The molecule has 188 valence electrons. The number of carbonyl (C=O) groups excluding carboxylic acids is 1. The summed E-state index contributed by atoms with van der Waals surface area (Å²) >= 11 is 1.25. The lowest BCUT2D eigenvalue weighted by Crippen LogP contribution is -2.35. The van der Waals surface area contributed by atoms with Gasteiger partial charge < -0.3 is 9.30 Å².